The summed E-state index contributed by atoms with van der Waals surface area (Å²) < 4.78 is 6.01. The predicted molar refractivity (Wildman–Crippen MR) is 82.6 cm³/mol. The molecule has 1 aliphatic rings. The van der Waals surface area contributed by atoms with Gasteiger partial charge in [0.1, 0.15) is 17.2 Å². The van der Waals surface area contributed by atoms with Crippen LogP contribution in [0.4, 0.5) is 5.82 Å². The number of aromatic amines is 1. The number of rotatable bonds is 2. The Labute approximate surface area is 127 Å². The molecule has 0 radical (unpaired) electrons. The second-order valence-electron chi connectivity index (χ2n) is 5.85. The van der Waals surface area contributed by atoms with E-state index in [1.807, 2.05) is 19.9 Å². The van der Waals surface area contributed by atoms with Crippen molar-refractivity contribution < 1.29 is 9.53 Å². The summed E-state index contributed by atoms with van der Waals surface area (Å²) in [7, 11) is 0. The fraction of sp³-hybridized carbons (Fsp3) is 0.267. The Kier molecular flexibility index (Phi) is 2.92. The summed E-state index contributed by atoms with van der Waals surface area (Å²) in [6, 6.07) is 5.31. The number of primary amides is 1. The van der Waals surface area contributed by atoms with Gasteiger partial charge in [-0.05, 0) is 32.0 Å². The average molecular weight is 306 g/mol. The highest BCUT2D eigenvalue weighted by Crippen LogP contribution is 2.44. The minimum Gasteiger partial charge on any atom is -0.487 e. The number of nitrogen functional groups attached to an aromatic ring is 1. The predicted octanol–water partition coefficient (Wildman–Crippen LogP) is 2.73. The third-order valence-corrected chi connectivity index (χ3v) is 3.75. The van der Waals surface area contributed by atoms with Crippen LogP contribution < -0.4 is 16.2 Å². The number of benzene rings is 1. The van der Waals surface area contributed by atoms with Crippen molar-refractivity contribution in [3.05, 3.63) is 34.3 Å². The van der Waals surface area contributed by atoms with Crippen molar-refractivity contribution in [1.29, 1.82) is 0 Å². The number of aromatic nitrogens is 1. The van der Waals surface area contributed by atoms with E-state index in [2.05, 4.69) is 4.98 Å². The molecule has 5 nitrogen and oxygen atoms in total. The Balaban J connectivity index is 2.17. The quantitative estimate of drug-likeness (QED) is 0.796. The Bertz CT molecular complexity index is 750. The highest BCUT2D eigenvalue weighted by molar-refractivity contribution is 6.31. The van der Waals surface area contributed by atoms with Crippen LogP contribution in [0, 0.1) is 0 Å². The lowest BCUT2D eigenvalue weighted by atomic mass is 9.99. The van der Waals surface area contributed by atoms with Gasteiger partial charge in [0, 0.05) is 22.6 Å². The lowest BCUT2D eigenvalue weighted by molar-refractivity contribution is 0.100. The number of anilines is 1. The van der Waals surface area contributed by atoms with Gasteiger partial charge in [0.05, 0.1) is 11.3 Å². The first kappa shape index (κ1) is 13.8. The smallest absolute Gasteiger partial charge is 0.252 e. The van der Waals surface area contributed by atoms with Crippen molar-refractivity contribution >= 4 is 23.3 Å². The van der Waals surface area contributed by atoms with E-state index in [0.717, 1.165) is 23.3 Å². The number of H-pyrrole nitrogens is 1. The minimum atomic E-state index is -0.574. The monoisotopic (exact) mass is 305 g/mol. The maximum absolute atomic E-state index is 11.3. The van der Waals surface area contributed by atoms with E-state index in [1.54, 1.807) is 12.1 Å². The van der Waals surface area contributed by atoms with Gasteiger partial charge >= 0.3 is 0 Å². The number of hydrogen-bond donors (Lipinski definition) is 3. The molecule has 5 N–H and O–H groups in total. The summed E-state index contributed by atoms with van der Waals surface area (Å²) in [6.07, 6.45) is 0.773. The zero-order valence-electron chi connectivity index (χ0n) is 11.8. The maximum Gasteiger partial charge on any atom is 0.252 e. The van der Waals surface area contributed by atoms with Crippen LogP contribution in [0.3, 0.4) is 0 Å². The fourth-order valence-corrected chi connectivity index (χ4v) is 2.93. The van der Waals surface area contributed by atoms with E-state index >= 15 is 0 Å². The standard InChI is InChI=1S/C15H16ClN3O2/c1-15(2)6-7-3-8(16)4-9(12(7)21-15)11-5-10(14(18)20)13(17)19-11/h3-5,19H,6,17H2,1-2H3,(H2,18,20). The molecule has 0 spiro atoms. The molecule has 0 unspecified atom stereocenters. The fourth-order valence-electron chi connectivity index (χ4n) is 2.69. The van der Waals surface area contributed by atoms with Crippen LogP contribution in [-0.2, 0) is 6.42 Å². The topological polar surface area (TPSA) is 94.1 Å². The second kappa shape index (κ2) is 4.43. The lowest BCUT2D eigenvalue weighted by Crippen LogP contribution is -2.24. The van der Waals surface area contributed by atoms with Crippen LogP contribution in [0.15, 0.2) is 18.2 Å². The van der Waals surface area contributed by atoms with Crippen LogP contribution in [0.5, 0.6) is 5.75 Å². The van der Waals surface area contributed by atoms with Crippen LogP contribution >= 0.6 is 11.6 Å². The van der Waals surface area contributed by atoms with E-state index < -0.39 is 5.91 Å². The van der Waals surface area contributed by atoms with E-state index in [4.69, 9.17) is 27.8 Å². The Morgan fingerprint density at radius 1 is 1.38 bits per heavy atom. The van der Waals surface area contributed by atoms with Gasteiger partial charge in [0.25, 0.3) is 5.91 Å². The van der Waals surface area contributed by atoms with Gasteiger partial charge in [-0.3, -0.25) is 4.79 Å². The lowest BCUT2D eigenvalue weighted by Gasteiger charge is -2.18. The number of amides is 1. The molecule has 6 heteroatoms. The van der Waals surface area contributed by atoms with E-state index in [1.165, 1.54) is 0 Å². The molecule has 0 saturated carbocycles. The number of carbonyl (C=O) groups is 1. The van der Waals surface area contributed by atoms with Crippen molar-refractivity contribution in [2.45, 2.75) is 25.9 Å². The first-order valence-corrected chi connectivity index (χ1v) is 6.95. The average Bonchev–Trinajstić information content (AvgIpc) is 2.86. The summed E-state index contributed by atoms with van der Waals surface area (Å²) in [6.45, 7) is 4.03. The second-order valence-corrected chi connectivity index (χ2v) is 6.29. The number of halogens is 1. The van der Waals surface area contributed by atoms with E-state index in [-0.39, 0.29) is 17.0 Å². The molecule has 0 fully saturated rings. The first-order chi connectivity index (χ1) is 9.77. The zero-order valence-corrected chi connectivity index (χ0v) is 12.5. The van der Waals surface area contributed by atoms with Gasteiger partial charge in [-0.25, -0.2) is 0 Å². The SMILES string of the molecule is CC1(C)Cc2cc(Cl)cc(-c3cc(C(N)=O)c(N)[nH]3)c2O1. The van der Waals surface area contributed by atoms with Gasteiger partial charge in [0.2, 0.25) is 0 Å². The van der Waals surface area contributed by atoms with Crippen molar-refractivity contribution in [3.63, 3.8) is 0 Å². The molecule has 0 aliphatic carbocycles. The van der Waals surface area contributed by atoms with Crippen molar-refractivity contribution in [2.24, 2.45) is 5.73 Å². The van der Waals surface area contributed by atoms with E-state index in [9.17, 15) is 4.79 Å². The summed E-state index contributed by atoms with van der Waals surface area (Å²) in [4.78, 5) is 14.3. The van der Waals surface area contributed by atoms with Gasteiger partial charge in [0.15, 0.2) is 0 Å². The number of carbonyl (C=O) groups excluding carboxylic acids is 1. The molecule has 1 aromatic carbocycles. The van der Waals surface area contributed by atoms with Gasteiger partial charge in [-0.2, -0.15) is 0 Å². The number of fused-ring (bicyclic) bond motifs is 1. The summed E-state index contributed by atoms with van der Waals surface area (Å²) in [5, 5.41) is 0.610. The van der Waals surface area contributed by atoms with E-state index in [0.29, 0.717) is 10.7 Å². The summed E-state index contributed by atoms with van der Waals surface area (Å²) in [5.74, 6) is 0.431. The number of nitrogens with one attached hydrogen (secondary N) is 1. The largest absolute Gasteiger partial charge is 0.487 e. The highest BCUT2D eigenvalue weighted by atomic mass is 35.5. The first-order valence-electron chi connectivity index (χ1n) is 6.57. The van der Waals surface area contributed by atoms with Crippen LogP contribution in [0.25, 0.3) is 11.3 Å². The van der Waals surface area contributed by atoms with Crippen molar-refractivity contribution in [2.75, 3.05) is 5.73 Å². The molecule has 3 rings (SSSR count). The molecule has 1 aromatic heterocycles. The van der Waals surface area contributed by atoms with Crippen molar-refractivity contribution in [3.8, 4) is 17.0 Å². The molecule has 2 aromatic rings. The molecule has 0 atom stereocenters. The molecule has 2 heterocycles. The summed E-state index contributed by atoms with van der Waals surface area (Å²) >= 11 is 6.19. The molecular weight excluding hydrogens is 290 g/mol. The van der Waals surface area contributed by atoms with Crippen LogP contribution in [0.1, 0.15) is 29.8 Å². The molecule has 21 heavy (non-hydrogen) atoms. The third kappa shape index (κ3) is 2.34. The highest BCUT2D eigenvalue weighted by Gasteiger charge is 2.33. The molecule has 0 saturated heterocycles. The van der Waals surface area contributed by atoms with Gasteiger partial charge < -0.3 is 21.2 Å². The molecule has 110 valence electrons. The van der Waals surface area contributed by atoms with Crippen LogP contribution in [0.2, 0.25) is 5.02 Å². The number of hydrogen-bond acceptors (Lipinski definition) is 3. The van der Waals surface area contributed by atoms with Gasteiger partial charge in [-0.1, -0.05) is 11.6 Å². The Hall–Kier alpha value is -2.14. The Morgan fingerprint density at radius 2 is 2.10 bits per heavy atom. The zero-order chi connectivity index (χ0) is 15.4. The Morgan fingerprint density at radius 3 is 2.71 bits per heavy atom. The number of nitrogens with two attached hydrogens (primary N) is 2. The maximum atomic E-state index is 11.3. The third-order valence-electron chi connectivity index (χ3n) is 3.53. The molecule has 0 bridgehead atoms. The van der Waals surface area contributed by atoms with Gasteiger partial charge in [-0.15, -0.1) is 0 Å². The van der Waals surface area contributed by atoms with Crippen molar-refractivity contribution in [1.82, 2.24) is 4.98 Å². The molecular formula is C15H16ClN3O2. The minimum absolute atomic E-state index is 0.239. The van der Waals surface area contributed by atoms with Crippen LogP contribution in [-0.4, -0.2) is 16.5 Å². The summed E-state index contributed by atoms with van der Waals surface area (Å²) in [5.41, 5.74) is 13.5. The number of ether oxygens (including phenoxy) is 1. The molecule has 1 amide bonds. The normalized spacial score (nSPS) is 15.6. The molecule has 1 aliphatic heterocycles.